The third kappa shape index (κ3) is 10.9. The first-order chi connectivity index (χ1) is 8.10. The third-order valence-corrected chi connectivity index (χ3v) is 3.66. The zero-order valence-electron chi connectivity index (χ0n) is 10.9. The normalized spacial score (nSPS) is 14.4. The maximum atomic E-state index is 10.9. The number of carbonyl (C=O) groups is 1. The summed E-state index contributed by atoms with van der Waals surface area (Å²) in [4.78, 5) is 10.9. The van der Waals surface area contributed by atoms with Gasteiger partial charge in [-0.3, -0.25) is 4.79 Å². The molecular formula is C13H24Cl2O2. The maximum Gasteiger partial charge on any atom is 0.305 e. The molecule has 0 aromatic rings. The molecule has 102 valence electrons. The molecule has 0 aromatic carbocycles. The minimum absolute atomic E-state index is 0.127. The van der Waals surface area contributed by atoms with Gasteiger partial charge in [-0.1, -0.05) is 19.8 Å². The van der Waals surface area contributed by atoms with Gasteiger partial charge in [0.25, 0.3) is 0 Å². The lowest BCUT2D eigenvalue weighted by Crippen LogP contribution is -2.07. The van der Waals surface area contributed by atoms with Crippen LogP contribution in [0.4, 0.5) is 0 Å². The standard InChI is InChI=1S/C13H24Cl2O2/c1-3-4-6-11(14)9-10-12(15)7-5-8-13(16)17-2/h11-12H,3-10H2,1-2H3. The summed E-state index contributed by atoms with van der Waals surface area (Å²) in [5.74, 6) is -0.160. The van der Waals surface area contributed by atoms with E-state index in [9.17, 15) is 4.79 Å². The minimum atomic E-state index is -0.160. The Morgan fingerprint density at radius 2 is 1.59 bits per heavy atom. The van der Waals surface area contributed by atoms with Crippen LogP contribution in [-0.4, -0.2) is 23.8 Å². The van der Waals surface area contributed by atoms with Crippen molar-refractivity contribution in [2.24, 2.45) is 0 Å². The number of halogens is 2. The van der Waals surface area contributed by atoms with E-state index >= 15 is 0 Å². The highest BCUT2D eigenvalue weighted by molar-refractivity contribution is 6.21. The smallest absolute Gasteiger partial charge is 0.305 e. The Bertz CT molecular complexity index is 198. The Labute approximate surface area is 115 Å². The van der Waals surface area contributed by atoms with Crippen LogP contribution in [0.15, 0.2) is 0 Å². The van der Waals surface area contributed by atoms with E-state index in [4.69, 9.17) is 23.2 Å². The molecule has 0 aromatic heterocycles. The molecule has 0 spiro atoms. The maximum absolute atomic E-state index is 10.9. The van der Waals surface area contributed by atoms with Gasteiger partial charge >= 0.3 is 5.97 Å². The Hall–Kier alpha value is 0.0500. The lowest BCUT2D eigenvalue weighted by molar-refractivity contribution is -0.140. The van der Waals surface area contributed by atoms with E-state index in [1.54, 1.807) is 0 Å². The number of hydrogen-bond donors (Lipinski definition) is 0. The van der Waals surface area contributed by atoms with Gasteiger partial charge in [-0.15, -0.1) is 23.2 Å². The van der Waals surface area contributed by atoms with Crippen molar-refractivity contribution in [3.8, 4) is 0 Å². The highest BCUT2D eigenvalue weighted by Gasteiger charge is 2.10. The highest BCUT2D eigenvalue weighted by atomic mass is 35.5. The van der Waals surface area contributed by atoms with Crippen molar-refractivity contribution in [1.82, 2.24) is 0 Å². The molecule has 2 nitrogen and oxygen atoms in total. The van der Waals surface area contributed by atoms with E-state index in [1.807, 2.05) is 0 Å². The van der Waals surface area contributed by atoms with Gasteiger partial charge in [0, 0.05) is 17.2 Å². The van der Waals surface area contributed by atoms with Crippen molar-refractivity contribution >= 4 is 29.2 Å². The molecule has 0 heterocycles. The number of hydrogen-bond acceptors (Lipinski definition) is 2. The average Bonchev–Trinajstić information content (AvgIpc) is 2.33. The summed E-state index contributed by atoms with van der Waals surface area (Å²) < 4.78 is 4.57. The van der Waals surface area contributed by atoms with Gasteiger partial charge in [0.15, 0.2) is 0 Å². The second-order valence-electron chi connectivity index (χ2n) is 4.38. The van der Waals surface area contributed by atoms with Crippen molar-refractivity contribution in [3.63, 3.8) is 0 Å². The van der Waals surface area contributed by atoms with E-state index in [0.717, 1.165) is 32.1 Å². The lowest BCUT2D eigenvalue weighted by atomic mass is 10.1. The van der Waals surface area contributed by atoms with E-state index in [2.05, 4.69) is 11.7 Å². The van der Waals surface area contributed by atoms with Gasteiger partial charge < -0.3 is 4.74 Å². The predicted molar refractivity (Wildman–Crippen MR) is 73.9 cm³/mol. The molecule has 0 rings (SSSR count). The quantitative estimate of drug-likeness (QED) is 0.435. The van der Waals surface area contributed by atoms with Crippen molar-refractivity contribution in [3.05, 3.63) is 0 Å². The zero-order valence-corrected chi connectivity index (χ0v) is 12.4. The van der Waals surface area contributed by atoms with Crippen LogP contribution in [0, 0.1) is 0 Å². The molecule has 0 radical (unpaired) electrons. The molecule has 2 unspecified atom stereocenters. The van der Waals surface area contributed by atoms with Crippen LogP contribution in [0.25, 0.3) is 0 Å². The Morgan fingerprint density at radius 1 is 1.06 bits per heavy atom. The number of unbranched alkanes of at least 4 members (excludes halogenated alkanes) is 1. The molecule has 17 heavy (non-hydrogen) atoms. The summed E-state index contributed by atoms with van der Waals surface area (Å²) in [6.07, 6.45) is 7.45. The fraction of sp³-hybridized carbons (Fsp3) is 0.923. The van der Waals surface area contributed by atoms with Crippen molar-refractivity contribution in [2.75, 3.05) is 7.11 Å². The molecule has 0 saturated heterocycles. The van der Waals surface area contributed by atoms with E-state index in [1.165, 1.54) is 20.0 Å². The summed E-state index contributed by atoms with van der Waals surface area (Å²) in [5.41, 5.74) is 0. The number of alkyl halides is 2. The summed E-state index contributed by atoms with van der Waals surface area (Å²) in [7, 11) is 1.41. The Balaban J connectivity index is 3.45. The van der Waals surface area contributed by atoms with E-state index in [-0.39, 0.29) is 16.7 Å². The number of methoxy groups -OCH3 is 1. The van der Waals surface area contributed by atoms with Crippen LogP contribution in [0.1, 0.15) is 58.3 Å². The Kier molecular flexibility index (Phi) is 11.2. The van der Waals surface area contributed by atoms with Crippen LogP contribution in [0.5, 0.6) is 0 Å². The number of rotatable bonds is 10. The second kappa shape index (κ2) is 11.2. The van der Waals surface area contributed by atoms with E-state index < -0.39 is 0 Å². The topological polar surface area (TPSA) is 26.3 Å². The number of ether oxygens (including phenoxy) is 1. The fourth-order valence-electron chi connectivity index (χ4n) is 1.65. The molecule has 0 amide bonds. The summed E-state index contributed by atoms with van der Waals surface area (Å²) in [6.45, 7) is 2.17. The Morgan fingerprint density at radius 3 is 2.06 bits per heavy atom. The molecule has 0 fully saturated rings. The highest BCUT2D eigenvalue weighted by Crippen LogP contribution is 2.19. The summed E-state index contributed by atoms with van der Waals surface area (Å²) >= 11 is 12.4. The lowest BCUT2D eigenvalue weighted by Gasteiger charge is -2.12. The van der Waals surface area contributed by atoms with Crippen LogP contribution >= 0.6 is 23.2 Å². The van der Waals surface area contributed by atoms with Crippen LogP contribution in [0.2, 0.25) is 0 Å². The molecule has 0 bridgehead atoms. The molecule has 0 saturated carbocycles. The summed E-state index contributed by atoms with van der Waals surface area (Å²) in [5, 5.41) is 0.374. The molecule has 0 N–H and O–H groups in total. The third-order valence-electron chi connectivity index (χ3n) is 2.79. The average molecular weight is 283 g/mol. The first-order valence-corrected chi connectivity index (χ1v) is 7.32. The van der Waals surface area contributed by atoms with Crippen molar-refractivity contribution < 1.29 is 9.53 Å². The van der Waals surface area contributed by atoms with Gasteiger partial charge in [-0.25, -0.2) is 0 Å². The monoisotopic (exact) mass is 282 g/mol. The largest absolute Gasteiger partial charge is 0.469 e. The van der Waals surface area contributed by atoms with Gasteiger partial charge in [-0.2, -0.15) is 0 Å². The second-order valence-corrected chi connectivity index (χ2v) is 5.62. The fourth-order valence-corrected chi connectivity index (χ4v) is 2.21. The van der Waals surface area contributed by atoms with Crippen LogP contribution < -0.4 is 0 Å². The van der Waals surface area contributed by atoms with Gasteiger partial charge in [0.05, 0.1) is 7.11 Å². The van der Waals surface area contributed by atoms with Gasteiger partial charge in [0.2, 0.25) is 0 Å². The SMILES string of the molecule is CCCCC(Cl)CCC(Cl)CCCC(=O)OC. The predicted octanol–water partition coefficient (Wildman–Crippen LogP) is 4.51. The first-order valence-electron chi connectivity index (χ1n) is 6.45. The van der Waals surface area contributed by atoms with Crippen molar-refractivity contribution in [1.29, 1.82) is 0 Å². The molecule has 0 aliphatic heterocycles. The van der Waals surface area contributed by atoms with Crippen LogP contribution in [-0.2, 0) is 9.53 Å². The molecule has 0 aliphatic carbocycles. The first kappa shape index (κ1) is 17.1. The van der Waals surface area contributed by atoms with Crippen LogP contribution in [0.3, 0.4) is 0 Å². The molecule has 2 atom stereocenters. The zero-order chi connectivity index (χ0) is 13.1. The molecular weight excluding hydrogens is 259 g/mol. The minimum Gasteiger partial charge on any atom is -0.469 e. The number of esters is 1. The molecule has 0 aliphatic rings. The van der Waals surface area contributed by atoms with Crippen molar-refractivity contribution in [2.45, 2.75) is 69.0 Å². The number of carbonyl (C=O) groups excluding carboxylic acids is 1. The summed E-state index contributed by atoms with van der Waals surface area (Å²) in [6, 6.07) is 0. The van der Waals surface area contributed by atoms with E-state index in [0.29, 0.717) is 6.42 Å². The van der Waals surface area contributed by atoms with Gasteiger partial charge in [-0.05, 0) is 32.1 Å². The molecule has 4 heteroatoms. The van der Waals surface area contributed by atoms with Gasteiger partial charge in [0.1, 0.15) is 0 Å².